The Morgan fingerprint density at radius 1 is 1.11 bits per heavy atom. The van der Waals surface area contributed by atoms with Crippen LogP contribution in [0.25, 0.3) is 11.7 Å². The van der Waals surface area contributed by atoms with Crippen LogP contribution in [-0.4, -0.2) is 51.2 Å². The Kier molecular flexibility index (Phi) is 5.58. The number of aromatic nitrogens is 4. The summed E-state index contributed by atoms with van der Waals surface area (Å²) in [5.41, 5.74) is 1.85. The van der Waals surface area contributed by atoms with Gasteiger partial charge in [0.2, 0.25) is 5.91 Å². The SMILES string of the molecule is CC1C=Cc2c(cc(F)c(C(C)c3cnc4ccc(N5CCN(c6ccccn6)C(=O)C5)nn34)c2F)N1. The van der Waals surface area contributed by atoms with Crippen molar-refractivity contribution in [1.29, 1.82) is 0 Å². The number of amides is 1. The van der Waals surface area contributed by atoms with E-state index in [1.54, 1.807) is 46.9 Å². The second-order valence-corrected chi connectivity index (χ2v) is 9.36. The molecule has 0 radical (unpaired) electrons. The number of pyridine rings is 1. The first kappa shape index (κ1) is 23.1. The number of anilines is 3. The lowest BCUT2D eigenvalue weighted by molar-refractivity contribution is -0.118. The van der Waals surface area contributed by atoms with Gasteiger partial charge in [0.25, 0.3) is 0 Å². The van der Waals surface area contributed by atoms with E-state index in [-0.39, 0.29) is 24.1 Å². The van der Waals surface area contributed by atoms with E-state index in [4.69, 9.17) is 5.10 Å². The Morgan fingerprint density at radius 2 is 1.97 bits per heavy atom. The molecule has 1 fully saturated rings. The van der Waals surface area contributed by atoms with Crippen molar-refractivity contribution in [2.45, 2.75) is 25.8 Å². The normalized spacial score (nSPS) is 18.2. The van der Waals surface area contributed by atoms with Crippen LogP contribution in [0.15, 0.2) is 54.9 Å². The van der Waals surface area contributed by atoms with Crippen LogP contribution >= 0.6 is 0 Å². The molecule has 1 aromatic carbocycles. The highest BCUT2D eigenvalue weighted by Gasteiger charge is 2.29. The van der Waals surface area contributed by atoms with E-state index in [9.17, 15) is 4.79 Å². The Hall–Kier alpha value is -4.34. The number of carbonyl (C=O) groups is 1. The minimum Gasteiger partial charge on any atom is -0.378 e. The summed E-state index contributed by atoms with van der Waals surface area (Å²) in [6.45, 7) is 4.82. The maximum atomic E-state index is 15.5. The summed E-state index contributed by atoms with van der Waals surface area (Å²) in [6.07, 6.45) is 6.78. The molecule has 1 amide bonds. The number of halogens is 2. The first-order valence-electron chi connectivity index (χ1n) is 12.2. The molecule has 1 N–H and O–H groups in total. The smallest absolute Gasteiger partial charge is 0.247 e. The number of nitrogens with zero attached hydrogens (tertiary/aromatic N) is 6. The molecule has 0 aliphatic carbocycles. The van der Waals surface area contributed by atoms with E-state index in [1.165, 1.54) is 6.07 Å². The standard InChI is InChI=1S/C27H25F2N7O/c1-16-6-7-18-20(32-16)13-19(28)26(27(18)29)17(2)21-14-31-23-8-9-24(33-36(21)23)34-11-12-35(25(37)15-34)22-5-3-4-10-30-22/h3-10,13-14,16-17,32H,11-12,15H2,1-2H3. The lowest BCUT2D eigenvalue weighted by atomic mass is 9.92. The molecule has 6 rings (SSSR count). The van der Waals surface area contributed by atoms with Crippen LogP contribution in [0, 0.1) is 11.6 Å². The van der Waals surface area contributed by atoms with Crippen molar-refractivity contribution >= 4 is 35.0 Å². The van der Waals surface area contributed by atoms with Crippen molar-refractivity contribution in [3.63, 3.8) is 0 Å². The molecule has 10 heteroatoms. The van der Waals surface area contributed by atoms with Gasteiger partial charge in [-0.05, 0) is 37.3 Å². The third-order valence-electron chi connectivity index (χ3n) is 6.95. The molecule has 37 heavy (non-hydrogen) atoms. The van der Waals surface area contributed by atoms with Gasteiger partial charge in [-0.2, -0.15) is 0 Å². The monoisotopic (exact) mass is 501 g/mol. The summed E-state index contributed by atoms with van der Waals surface area (Å²) in [5.74, 6) is -0.754. The molecule has 3 aromatic heterocycles. The third kappa shape index (κ3) is 3.98. The molecule has 2 unspecified atom stereocenters. The third-order valence-corrected chi connectivity index (χ3v) is 6.95. The van der Waals surface area contributed by atoms with Crippen LogP contribution < -0.4 is 15.1 Å². The van der Waals surface area contributed by atoms with Gasteiger partial charge in [0.05, 0.1) is 18.4 Å². The van der Waals surface area contributed by atoms with E-state index < -0.39 is 17.6 Å². The fourth-order valence-corrected chi connectivity index (χ4v) is 4.98. The largest absolute Gasteiger partial charge is 0.378 e. The van der Waals surface area contributed by atoms with Gasteiger partial charge in [0.15, 0.2) is 5.65 Å². The first-order valence-corrected chi connectivity index (χ1v) is 12.2. The Balaban J connectivity index is 1.31. The number of piperazine rings is 1. The zero-order valence-electron chi connectivity index (χ0n) is 20.4. The van der Waals surface area contributed by atoms with Gasteiger partial charge in [-0.25, -0.2) is 23.3 Å². The quantitative estimate of drug-likeness (QED) is 0.451. The van der Waals surface area contributed by atoms with Gasteiger partial charge >= 0.3 is 0 Å². The molecule has 0 saturated carbocycles. The van der Waals surface area contributed by atoms with E-state index in [2.05, 4.69) is 15.3 Å². The highest BCUT2D eigenvalue weighted by atomic mass is 19.1. The highest BCUT2D eigenvalue weighted by molar-refractivity contribution is 5.96. The minimum absolute atomic E-state index is 0.00586. The van der Waals surface area contributed by atoms with Gasteiger partial charge in [0.1, 0.15) is 23.3 Å². The molecule has 0 spiro atoms. The number of carbonyl (C=O) groups excluding carboxylic acids is 1. The van der Waals surface area contributed by atoms with Crippen LogP contribution in [-0.2, 0) is 4.79 Å². The summed E-state index contributed by atoms with van der Waals surface area (Å²) in [5, 5.41) is 7.81. The maximum absolute atomic E-state index is 15.5. The Bertz CT molecular complexity index is 1540. The number of nitrogens with one attached hydrogen (secondary N) is 1. The van der Waals surface area contributed by atoms with Crippen LogP contribution in [0.3, 0.4) is 0 Å². The zero-order valence-corrected chi connectivity index (χ0v) is 20.4. The second-order valence-electron chi connectivity index (χ2n) is 9.36. The molecule has 5 heterocycles. The molecule has 0 bridgehead atoms. The van der Waals surface area contributed by atoms with E-state index >= 15 is 8.78 Å². The van der Waals surface area contributed by atoms with E-state index in [0.29, 0.717) is 47.3 Å². The number of rotatable bonds is 4. The zero-order chi connectivity index (χ0) is 25.7. The van der Waals surface area contributed by atoms with E-state index in [1.807, 2.05) is 36.1 Å². The summed E-state index contributed by atoms with van der Waals surface area (Å²) in [4.78, 5) is 25.1. The van der Waals surface area contributed by atoms with Gasteiger partial charge in [-0.15, -0.1) is 5.10 Å². The second kappa shape index (κ2) is 8.95. The molecule has 2 aliphatic rings. The fraction of sp³-hybridized carbons (Fsp3) is 0.259. The van der Waals surface area contributed by atoms with Crippen molar-refractivity contribution in [2.75, 3.05) is 34.8 Å². The van der Waals surface area contributed by atoms with E-state index in [0.717, 1.165) is 0 Å². The molecule has 4 aromatic rings. The summed E-state index contributed by atoms with van der Waals surface area (Å²) < 4.78 is 32.3. The average molecular weight is 502 g/mol. The first-order chi connectivity index (χ1) is 17.9. The Labute approximate surface area is 212 Å². The van der Waals surface area contributed by atoms with Crippen LogP contribution in [0.2, 0.25) is 0 Å². The molecular formula is C27H25F2N7O. The fourth-order valence-electron chi connectivity index (χ4n) is 4.98. The van der Waals surface area contributed by atoms with Gasteiger partial charge in [-0.3, -0.25) is 9.69 Å². The van der Waals surface area contributed by atoms with Crippen molar-refractivity contribution in [2.24, 2.45) is 0 Å². The number of benzene rings is 1. The van der Waals surface area contributed by atoms with Crippen molar-refractivity contribution in [1.82, 2.24) is 19.6 Å². The van der Waals surface area contributed by atoms with Crippen molar-refractivity contribution in [3.05, 3.63) is 83.3 Å². The summed E-state index contributed by atoms with van der Waals surface area (Å²) >= 11 is 0. The number of hydrogen-bond acceptors (Lipinski definition) is 6. The predicted octanol–water partition coefficient (Wildman–Crippen LogP) is 4.23. The van der Waals surface area contributed by atoms with Crippen LogP contribution in [0.1, 0.15) is 36.6 Å². The predicted molar refractivity (Wildman–Crippen MR) is 138 cm³/mol. The molecule has 2 atom stereocenters. The highest BCUT2D eigenvalue weighted by Crippen LogP contribution is 2.36. The van der Waals surface area contributed by atoms with Gasteiger partial charge < -0.3 is 10.2 Å². The molecule has 8 nitrogen and oxygen atoms in total. The summed E-state index contributed by atoms with van der Waals surface area (Å²) in [7, 11) is 0. The lowest BCUT2D eigenvalue weighted by Crippen LogP contribution is -2.51. The summed E-state index contributed by atoms with van der Waals surface area (Å²) in [6, 6.07) is 10.4. The van der Waals surface area contributed by atoms with Gasteiger partial charge in [0, 0.05) is 48.1 Å². The molecular weight excluding hydrogens is 476 g/mol. The average Bonchev–Trinajstić information content (AvgIpc) is 3.32. The number of hydrogen-bond donors (Lipinski definition) is 1. The van der Waals surface area contributed by atoms with Crippen LogP contribution in [0.5, 0.6) is 0 Å². The lowest BCUT2D eigenvalue weighted by Gasteiger charge is -2.34. The maximum Gasteiger partial charge on any atom is 0.247 e. The minimum atomic E-state index is -0.654. The topological polar surface area (TPSA) is 78.7 Å². The Morgan fingerprint density at radius 3 is 2.76 bits per heavy atom. The van der Waals surface area contributed by atoms with Gasteiger partial charge in [-0.1, -0.05) is 25.1 Å². The number of imidazole rings is 1. The van der Waals surface area contributed by atoms with Crippen molar-refractivity contribution < 1.29 is 13.6 Å². The molecule has 188 valence electrons. The molecule has 1 saturated heterocycles. The van der Waals surface area contributed by atoms with Crippen molar-refractivity contribution in [3.8, 4) is 0 Å². The van der Waals surface area contributed by atoms with Crippen LogP contribution in [0.4, 0.5) is 26.1 Å². The molecule has 2 aliphatic heterocycles. The number of fused-ring (bicyclic) bond motifs is 2.